The van der Waals surface area contributed by atoms with E-state index in [-0.39, 0.29) is 17.7 Å². The van der Waals surface area contributed by atoms with Gasteiger partial charge in [-0.1, -0.05) is 23.4 Å². The number of ether oxygens (including phenoxy) is 1. The molecule has 0 radical (unpaired) electrons. The first-order valence-electron chi connectivity index (χ1n) is 8.84. The van der Waals surface area contributed by atoms with Gasteiger partial charge in [0.25, 0.3) is 0 Å². The van der Waals surface area contributed by atoms with Gasteiger partial charge in [0.15, 0.2) is 0 Å². The van der Waals surface area contributed by atoms with Crippen molar-refractivity contribution >= 4 is 28.6 Å². The molecule has 1 aromatic heterocycles. The molecule has 2 unspecified atom stereocenters. The lowest BCUT2D eigenvalue weighted by molar-refractivity contribution is -0.137. The topological polar surface area (TPSA) is 77.2 Å². The average Bonchev–Trinajstić information content (AvgIpc) is 3.22. The summed E-state index contributed by atoms with van der Waals surface area (Å²) in [6.45, 7) is 0. The highest BCUT2D eigenvalue weighted by Crippen LogP contribution is 2.40. The molecule has 0 fully saturated rings. The summed E-state index contributed by atoms with van der Waals surface area (Å²) in [4.78, 5) is 11.6. The molecule has 0 bridgehead atoms. The van der Waals surface area contributed by atoms with Gasteiger partial charge in [-0.15, -0.1) is 16.7 Å². The van der Waals surface area contributed by atoms with Crippen LogP contribution in [0.5, 0.6) is 5.75 Å². The zero-order chi connectivity index (χ0) is 19.1. The van der Waals surface area contributed by atoms with Gasteiger partial charge < -0.3 is 9.84 Å². The Morgan fingerprint density at radius 2 is 2.19 bits per heavy atom. The minimum atomic E-state index is -0.860. The number of carboxylic acids is 1. The lowest BCUT2D eigenvalue weighted by atomic mass is 9.86. The smallest absolute Gasteiger partial charge is 0.304 e. The highest BCUT2D eigenvalue weighted by Gasteiger charge is 2.25. The number of nitrogens with zero attached hydrogens (tertiary/aromatic N) is 3. The number of methoxy groups -OCH3 is 1. The van der Waals surface area contributed by atoms with Crippen LogP contribution in [0.3, 0.4) is 0 Å². The SMILES string of the molecule is COc1cc(C(CC(=O)O)c2ccc3c(c2)C(Cl)CC3)cc2nnn(C)c12. The summed E-state index contributed by atoms with van der Waals surface area (Å²) in [5.74, 6) is -0.555. The molecule has 0 saturated heterocycles. The largest absolute Gasteiger partial charge is 0.494 e. The Hall–Kier alpha value is -2.60. The van der Waals surface area contributed by atoms with Gasteiger partial charge in [-0.3, -0.25) is 4.79 Å². The Balaban J connectivity index is 1.85. The van der Waals surface area contributed by atoms with Crippen molar-refractivity contribution in [3.05, 3.63) is 52.6 Å². The number of alkyl halides is 1. The number of carboxylic acid groups (broad SMARTS) is 1. The summed E-state index contributed by atoms with van der Waals surface area (Å²) in [5.41, 5.74) is 5.59. The summed E-state index contributed by atoms with van der Waals surface area (Å²) in [6, 6.07) is 9.91. The second-order valence-corrected chi connectivity index (χ2v) is 7.45. The first kappa shape index (κ1) is 17.8. The molecule has 0 amide bonds. The molecular weight excluding hydrogens is 366 g/mol. The van der Waals surface area contributed by atoms with Crippen molar-refractivity contribution in [2.45, 2.75) is 30.6 Å². The summed E-state index contributed by atoms with van der Waals surface area (Å²) in [6.07, 6.45) is 1.86. The van der Waals surface area contributed by atoms with Crippen molar-refractivity contribution in [2.75, 3.05) is 7.11 Å². The molecule has 4 rings (SSSR count). The van der Waals surface area contributed by atoms with E-state index < -0.39 is 5.97 Å². The van der Waals surface area contributed by atoms with Crippen LogP contribution in [0.1, 0.15) is 46.4 Å². The Bertz CT molecular complexity index is 1030. The Labute approximate surface area is 161 Å². The van der Waals surface area contributed by atoms with Crippen LogP contribution in [0.15, 0.2) is 30.3 Å². The Morgan fingerprint density at radius 3 is 2.93 bits per heavy atom. The molecule has 1 aliphatic carbocycles. The van der Waals surface area contributed by atoms with Gasteiger partial charge in [-0.25, -0.2) is 4.68 Å². The lowest BCUT2D eigenvalue weighted by Crippen LogP contribution is -2.09. The number of halogens is 1. The van der Waals surface area contributed by atoms with Crippen LogP contribution in [-0.4, -0.2) is 33.2 Å². The van der Waals surface area contributed by atoms with Crippen LogP contribution in [-0.2, 0) is 18.3 Å². The van der Waals surface area contributed by atoms with E-state index in [9.17, 15) is 9.90 Å². The van der Waals surface area contributed by atoms with Crippen molar-refractivity contribution in [3.63, 3.8) is 0 Å². The molecule has 7 heteroatoms. The van der Waals surface area contributed by atoms with Crippen LogP contribution in [0.2, 0.25) is 0 Å². The minimum Gasteiger partial charge on any atom is -0.494 e. The molecule has 0 saturated carbocycles. The van der Waals surface area contributed by atoms with Gasteiger partial charge in [-0.05, 0) is 47.2 Å². The fourth-order valence-electron chi connectivity index (χ4n) is 3.92. The number of aliphatic carboxylic acids is 1. The van der Waals surface area contributed by atoms with Crippen molar-refractivity contribution in [3.8, 4) is 5.75 Å². The molecule has 0 aliphatic heterocycles. The first-order chi connectivity index (χ1) is 13.0. The molecule has 3 aromatic rings. The third-order valence-electron chi connectivity index (χ3n) is 5.27. The molecular formula is C20H20ClN3O3. The fraction of sp³-hybridized carbons (Fsp3) is 0.350. The monoisotopic (exact) mass is 385 g/mol. The standard InChI is InChI=1S/C20H20ClN3O3/c1-24-20-17(22-23-24)8-13(9-18(20)27-2)14(10-19(25)26)12-4-3-11-5-6-16(21)15(11)7-12/h3-4,7-9,14,16H,5-6,10H2,1-2H3,(H,25,26). The van der Waals surface area contributed by atoms with Gasteiger partial charge in [0, 0.05) is 13.0 Å². The maximum absolute atomic E-state index is 11.6. The van der Waals surface area contributed by atoms with Crippen LogP contribution < -0.4 is 4.74 Å². The number of hydrogen-bond donors (Lipinski definition) is 1. The average molecular weight is 386 g/mol. The highest BCUT2D eigenvalue weighted by molar-refractivity contribution is 6.21. The number of hydrogen-bond acceptors (Lipinski definition) is 4. The number of rotatable bonds is 5. The summed E-state index contributed by atoms with van der Waals surface area (Å²) in [7, 11) is 3.39. The van der Waals surface area contributed by atoms with E-state index in [2.05, 4.69) is 22.4 Å². The predicted octanol–water partition coefficient (Wildman–Crippen LogP) is 3.81. The van der Waals surface area contributed by atoms with E-state index in [1.807, 2.05) is 18.2 Å². The maximum atomic E-state index is 11.6. The van der Waals surface area contributed by atoms with Crippen LogP contribution >= 0.6 is 11.6 Å². The van der Waals surface area contributed by atoms with E-state index >= 15 is 0 Å². The number of aromatic nitrogens is 3. The van der Waals surface area contributed by atoms with Crippen molar-refractivity contribution in [2.24, 2.45) is 7.05 Å². The normalized spacial score (nSPS) is 17.1. The molecule has 1 heterocycles. The van der Waals surface area contributed by atoms with Gasteiger partial charge in [0.2, 0.25) is 0 Å². The van der Waals surface area contributed by atoms with Gasteiger partial charge in [0.1, 0.15) is 16.8 Å². The first-order valence-corrected chi connectivity index (χ1v) is 9.27. The zero-order valence-corrected chi connectivity index (χ0v) is 15.9. The van der Waals surface area contributed by atoms with E-state index in [1.165, 1.54) is 5.56 Å². The third-order valence-corrected chi connectivity index (χ3v) is 5.72. The maximum Gasteiger partial charge on any atom is 0.304 e. The second-order valence-electron chi connectivity index (χ2n) is 6.92. The molecule has 2 atom stereocenters. The van der Waals surface area contributed by atoms with E-state index in [0.717, 1.165) is 35.0 Å². The second kappa shape index (κ2) is 6.85. The molecule has 2 aromatic carbocycles. The predicted molar refractivity (Wildman–Crippen MR) is 103 cm³/mol. The highest BCUT2D eigenvalue weighted by atomic mass is 35.5. The quantitative estimate of drug-likeness (QED) is 0.676. The van der Waals surface area contributed by atoms with Gasteiger partial charge in [-0.2, -0.15) is 0 Å². The van der Waals surface area contributed by atoms with Crippen LogP contribution in [0, 0.1) is 0 Å². The molecule has 27 heavy (non-hydrogen) atoms. The minimum absolute atomic E-state index is 0.0116. The summed E-state index contributed by atoms with van der Waals surface area (Å²) < 4.78 is 7.17. The number of aryl methyl sites for hydroxylation is 2. The molecule has 1 aliphatic rings. The van der Waals surface area contributed by atoms with E-state index in [1.54, 1.807) is 18.8 Å². The van der Waals surface area contributed by atoms with Crippen LogP contribution in [0.25, 0.3) is 11.0 Å². The van der Waals surface area contributed by atoms with Crippen molar-refractivity contribution in [1.82, 2.24) is 15.0 Å². The Morgan fingerprint density at radius 1 is 1.37 bits per heavy atom. The summed E-state index contributed by atoms with van der Waals surface area (Å²) in [5, 5.41) is 17.7. The number of benzene rings is 2. The third kappa shape index (κ3) is 3.14. The summed E-state index contributed by atoms with van der Waals surface area (Å²) >= 11 is 6.44. The van der Waals surface area contributed by atoms with E-state index in [4.69, 9.17) is 16.3 Å². The molecule has 140 valence electrons. The number of fused-ring (bicyclic) bond motifs is 2. The molecule has 6 nitrogen and oxygen atoms in total. The van der Waals surface area contributed by atoms with Crippen LogP contribution in [0.4, 0.5) is 0 Å². The van der Waals surface area contributed by atoms with Crippen molar-refractivity contribution in [1.29, 1.82) is 0 Å². The fourth-order valence-corrected chi connectivity index (χ4v) is 4.23. The van der Waals surface area contributed by atoms with E-state index in [0.29, 0.717) is 11.3 Å². The Kier molecular flexibility index (Phi) is 4.52. The van der Waals surface area contributed by atoms with Crippen molar-refractivity contribution < 1.29 is 14.6 Å². The van der Waals surface area contributed by atoms with Gasteiger partial charge >= 0.3 is 5.97 Å². The zero-order valence-electron chi connectivity index (χ0n) is 15.1. The lowest BCUT2D eigenvalue weighted by Gasteiger charge is -2.19. The number of carbonyl (C=O) groups is 1. The molecule has 0 spiro atoms. The molecule has 1 N–H and O–H groups in total. The van der Waals surface area contributed by atoms with Gasteiger partial charge in [0.05, 0.1) is 18.9 Å².